The fourth-order valence-corrected chi connectivity index (χ4v) is 3.52. The topological polar surface area (TPSA) is 41.1 Å². The van der Waals surface area contributed by atoms with Gasteiger partial charge in [-0.2, -0.15) is 0 Å². The summed E-state index contributed by atoms with van der Waals surface area (Å²) in [5, 5.41) is 6.48. The summed E-state index contributed by atoms with van der Waals surface area (Å²) in [6, 6.07) is 7.61. The van der Waals surface area contributed by atoms with Gasteiger partial charge in [-0.1, -0.05) is 12.1 Å². The Bertz CT molecular complexity index is 485. The van der Waals surface area contributed by atoms with Crippen LogP contribution in [-0.4, -0.2) is 18.0 Å². The molecule has 0 aliphatic carbocycles. The van der Waals surface area contributed by atoms with Crippen molar-refractivity contribution in [3.63, 3.8) is 0 Å². The first kappa shape index (κ1) is 16.2. The third-order valence-electron chi connectivity index (χ3n) is 4.42. The normalized spacial score (nSPS) is 27.0. The largest absolute Gasteiger partial charge is 0.352 e. The molecule has 0 saturated carbocycles. The minimum Gasteiger partial charge on any atom is -0.352 e. The average molecular weight is 313 g/mol. The van der Waals surface area contributed by atoms with Crippen molar-refractivity contribution in [2.45, 2.75) is 50.7 Å². The van der Waals surface area contributed by atoms with Crippen molar-refractivity contribution < 1.29 is 9.18 Å². The van der Waals surface area contributed by atoms with E-state index in [1.54, 1.807) is 6.07 Å². The molecule has 1 amide bonds. The van der Waals surface area contributed by atoms with Crippen LogP contribution in [0.2, 0.25) is 0 Å². The van der Waals surface area contributed by atoms with Crippen LogP contribution in [0.1, 0.15) is 37.7 Å². The number of carbonyl (C=O) groups excluding carboxylic acids is 1. The minimum absolute atomic E-state index is 0. The van der Waals surface area contributed by atoms with Gasteiger partial charge in [0.1, 0.15) is 5.82 Å². The highest BCUT2D eigenvalue weighted by molar-refractivity contribution is 5.85. The minimum atomic E-state index is -0.258. The van der Waals surface area contributed by atoms with Gasteiger partial charge in [-0.3, -0.25) is 4.79 Å². The van der Waals surface area contributed by atoms with Gasteiger partial charge in [0, 0.05) is 25.0 Å². The molecule has 2 fully saturated rings. The zero-order chi connectivity index (χ0) is 13.9. The lowest BCUT2D eigenvalue weighted by Gasteiger charge is -2.28. The van der Waals surface area contributed by atoms with E-state index in [4.69, 9.17) is 0 Å². The summed E-state index contributed by atoms with van der Waals surface area (Å²) >= 11 is 0. The zero-order valence-electron chi connectivity index (χ0n) is 12.0. The zero-order valence-corrected chi connectivity index (χ0v) is 12.8. The quantitative estimate of drug-likeness (QED) is 0.897. The van der Waals surface area contributed by atoms with Gasteiger partial charge < -0.3 is 10.6 Å². The lowest BCUT2D eigenvalue weighted by Crippen LogP contribution is -2.39. The molecular formula is C16H22ClFN2O. The van der Waals surface area contributed by atoms with Gasteiger partial charge >= 0.3 is 0 Å². The maximum Gasteiger partial charge on any atom is 0.220 e. The average Bonchev–Trinajstić information content (AvgIpc) is 2.76. The fourth-order valence-electron chi connectivity index (χ4n) is 3.52. The molecule has 2 saturated heterocycles. The lowest BCUT2D eigenvalue weighted by atomic mass is 9.89. The molecular weight excluding hydrogens is 291 g/mol. The molecule has 5 heteroatoms. The summed E-state index contributed by atoms with van der Waals surface area (Å²) in [6.45, 7) is 0.411. The predicted molar refractivity (Wildman–Crippen MR) is 82.8 cm³/mol. The number of rotatable bonds is 4. The number of benzene rings is 1. The highest BCUT2D eigenvalue weighted by Crippen LogP contribution is 2.32. The van der Waals surface area contributed by atoms with Gasteiger partial charge in [-0.25, -0.2) is 4.39 Å². The third kappa shape index (κ3) is 4.42. The number of amides is 1. The SMILES string of the molecule is Cl.O=C(CC1CC2CCC(C1)N2)NCc1cccc(F)c1. The van der Waals surface area contributed by atoms with Crippen LogP contribution < -0.4 is 10.6 Å². The second-order valence-electron chi connectivity index (χ2n) is 6.09. The van der Waals surface area contributed by atoms with Crippen molar-refractivity contribution in [3.05, 3.63) is 35.6 Å². The predicted octanol–water partition coefficient (Wildman–Crippen LogP) is 2.78. The van der Waals surface area contributed by atoms with Gasteiger partial charge in [0.05, 0.1) is 0 Å². The molecule has 2 bridgehead atoms. The van der Waals surface area contributed by atoms with E-state index < -0.39 is 0 Å². The van der Waals surface area contributed by atoms with E-state index in [1.807, 2.05) is 6.07 Å². The molecule has 0 aromatic heterocycles. The molecule has 21 heavy (non-hydrogen) atoms. The molecule has 2 aliphatic heterocycles. The van der Waals surface area contributed by atoms with Crippen molar-refractivity contribution in [3.8, 4) is 0 Å². The van der Waals surface area contributed by atoms with E-state index in [0.29, 0.717) is 31.0 Å². The summed E-state index contributed by atoms with van der Waals surface area (Å²) in [6.07, 6.45) is 5.34. The van der Waals surface area contributed by atoms with Crippen molar-refractivity contribution in [2.75, 3.05) is 0 Å². The molecule has 2 atom stereocenters. The van der Waals surface area contributed by atoms with Crippen LogP contribution in [0, 0.1) is 11.7 Å². The van der Waals surface area contributed by atoms with Crippen LogP contribution in [0.15, 0.2) is 24.3 Å². The Morgan fingerprint density at radius 2 is 2.00 bits per heavy atom. The molecule has 1 aromatic carbocycles. The molecule has 2 N–H and O–H groups in total. The summed E-state index contributed by atoms with van der Waals surface area (Å²) in [5.74, 6) is 0.327. The molecule has 2 aliphatic rings. The van der Waals surface area contributed by atoms with Crippen molar-refractivity contribution in [1.29, 1.82) is 0 Å². The number of nitrogens with one attached hydrogen (secondary N) is 2. The van der Waals surface area contributed by atoms with Crippen LogP contribution in [-0.2, 0) is 11.3 Å². The number of fused-ring (bicyclic) bond motifs is 2. The highest BCUT2D eigenvalue weighted by atomic mass is 35.5. The number of piperidine rings is 1. The molecule has 3 rings (SSSR count). The van der Waals surface area contributed by atoms with Crippen molar-refractivity contribution >= 4 is 18.3 Å². The second-order valence-corrected chi connectivity index (χ2v) is 6.09. The molecule has 3 nitrogen and oxygen atoms in total. The Morgan fingerprint density at radius 3 is 2.67 bits per heavy atom. The molecule has 1 aromatic rings. The van der Waals surface area contributed by atoms with Crippen LogP contribution in [0.5, 0.6) is 0 Å². The summed E-state index contributed by atoms with van der Waals surface area (Å²) in [5.41, 5.74) is 0.809. The Hall–Kier alpha value is -1.13. The first-order valence-electron chi connectivity index (χ1n) is 7.46. The Balaban J connectivity index is 0.00000161. The van der Waals surface area contributed by atoms with E-state index in [1.165, 1.54) is 25.0 Å². The van der Waals surface area contributed by atoms with Crippen molar-refractivity contribution in [1.82, 2.24) is 10.6 Å². The summed E-state index contributed by atoms with van der Waals surface area (Å²) < 4.78 is 13.0. The highest BCUT2D eigenvalue weighted by Gasteiger charge is 2.34. The second kappa shape index (κ2) is 7.23. The standard InChI is InChI=1S/C16H21FN2O.ClH/c17-13-3-1-2-11(6-13)10-18-16(20)9-12-7-14-4-5-15(8-12)19-14;/h1-3,6,12,14-15,19H,4-5,7-10H2,(H,18,20);1H. The number of hydrogen-bond donors (Lipinski definition) is 2. The Kier molecular flexibility index (Phi) is 5.59. The summed E-state index contributed by atoms with van der Waals surface area (Å²) in [4.78, 5) is 12.0. The van der Waals surface area contributed by atoms with Gasteiger partial charge in [-0.15, -0.1) is 12.4 Å². The van der Waals surface area contributed by atoms with Crippen LogP contribution >= 0.6 is 12.4 Å². The van der Waals surface area contributed by atoms with E-state index in [-0.39, 0.29) is 24.1 Å². The fraction of sp³-hybridized carbons (Fsp3) is 0.562. The van der Waals surface area contributed by atoms with Gasteiger partial charge in [0.15, 0.2) is 0 Å². The van der Waals surface area contributed by atoms with E-state index in [2.05, 4.69) is 10.6 Å². The van der Waals surface area contributed by atoms with Gasteiger partial charge in [0.25, 0.3) is 0 Å². The Morgan fingerprint density at radius 1 is 1.29 bits per heavy atom. The van der Waals surface area contributed by atoms with E-state index in [0.717, 1.165) is 18.4 Å². The molecule has 2 heterocycles. The first-order valence-corrected chi connectivity index (χ1v) is 7.46. The van der Waals surface area contributed by atoms with E-state index >= 15 is 0 Å². The first-order chi connectivity index (χ1) is 9.69. The van der Waals surface area contributed by atoms with Crippen LogP contribution in [0.4, 0.5) is 4.39 Å². The monoisotopic (exact) mass is 312 g/mol. The maximum atomic E-state index is 13.0. The molecule has 2 unspecified atom stereocenters. The molecule has 0 radical (unpaired) electrons. The van der Waals surface area contributed by atoms with Crippen molar-refractivity contribution in [2.24, 2.45) is 5.92 Å². The van der Waals surface area contributed by atoms with Crippen LogP contribution in [0.3, 0.4) is 0 Å². The Labute approximate surface area is 131 Å². The number of carbonyl (C=O) groups is 1. The smallest absolute Gasteiger partial charge is 0.220 e. The van der Waals surface area contributed by atoms with Crippen LogP contribution in [0.25, 0.3) is 0 Å². The number of halogens is 2. The lowest BCUT2D eigenvalue weighted by molar-refractivity contribution is -0.122. The van der Waals surface area contributed by atoms with E-state index in [9.17, 15) is 9.18 Å². The molecule has 0 spiro atoms. The summed E-state index contributed by atoms with van der Waals surface area (Å²) in [7, 11) is 0. The van der Waals surface area contributed by atoms with Gasteiger partial charge in [0.2, 0.25) is 5.91 Å². The number of hydrogen-bond acceptors (Lipinski definition) is 2. The van der Waals surface area contributed by atoms with Gasteiger partial charge in [-0.05, 0) is 49.3 Å². The third-order valence-corrected chi connectivity index (χ3v) is 4.42. The molecule has 116 valence electrons. The maximum absolute atomic E-state index is 13.0.